The summed E-state index contributed by atoms with van der Waals surface area (Å²) in [5, 5.41) is 12.1. The maximum atomic E-state index is 8.87. The van der Waals surface area contributed by atoms with Gasteiger partial charge in [-0.1, -0.05) is 12.1 Å². The van der Waals surface area contributed by atoms with E-state index in [2.05, 4.69) is 39.2 Å². The largest absolute Gasteiger partial charge is 0.339 e. The molecule has 1 aliphatic rings. The number of nitriles is 1. The zero-order valence-corrected chi connectivity index (χ0v) is 15.8. The first-order chi connectivity index (χ1) is 13.7. The van der Waals surface area contributed by atoms with E-state index in [0.29, 0.717) is 11.7 Å². The van der Waals surface area contributed by atoms with Crippen LogP contribution >= 0.6 is 0 Å². The van der Waals surface area contributed by atoms with Crippen molar-refractivity contribution in [2.75, 3.05) is 11.9 Å². The number of nitrogens with one attached hydrogen (secondary N) is 1. The first kappa shape index (κ1) is 18.1. The molecular formula is C22H22N6. The summed E-state index contributed by atoms with van der Waals surface area (Å²) < 4.78 is 0. The highest BCUT2D eigenvalue weighted by Gasteiger charge is 2.27. The molecule has 6 heteroatoms. The van der Waals surface area contributed by atoms with Crippen LogP contribution in [-0.4, -0.2) is 26.4 Å². The van der Waals surface area contributed by atoms with Crippen LogP contribution < -0.4 is 5.32 Å². The van der Waals surface area contributed by atoms with Crippen LogP contribution in [0.4, 0.5) is 11.5 Å². The third kappa shape index (κ3) is 4.16. The van der Waals surface area contributed by atoms with Gasteiger partial charge in [0, 0.05) is 18.9 Å². The van der Waals surface area contributed by atoms with Crippen LogP contribution in [0.3, 0.4) is 0 Å². The van der Waals surface area contributed by atoms with Crippen LogP contribution in [-0.2, 0) is 6.54 Å². The maximum Gasteiger partial charge on any atom is 0.140 e. The molecular weight excluding hydrogens is 348 g/mol. The number of aryl methyl sites for hydroxylation is 1. The lowest BCUT2D eigenvalue weighted by molar-refractivity contribution is 0.244. The number of nitrogens with zero attached hydrogens (tertiary/aromatic N) is 5. The minimum atomic E-state index is 0.307. The van der Waals surface area contributed by atoms with Gasteiger partial charge in [0.05, 0.1) is 23.6 Å². The van der Waals surface area contributed by atoms with Gasteiger partial charge in [-0.15, -0.1) is 0 Å². The molecule has 0 aromatic carbocycles. The van der Waals surface area contributed by atoms with Crippen LogP contribution in [0.5, 0.6) is 0 Å². The quantitative estimate of drug-likeness (QED) is 0.727. The average molecular weight is 370 g/mol. The molecule has 3 aromatic heterocycles. The topological polar surface area (TPSA) is 77.7 Å². The number of pyridine rings is 3. The molecule has 0 amide bonds. The molecule has 1 saturated heterocycles. The fourth-order valence-electron chi connectivity index (χ4n) is 3.68. The molecule has 1 aliphatic heterocycles. The van der Waals surface area contributed by atoms with E-state index in [4.69, 9.17) is 10.2 Å². The molecule has 4 heterocycles. The second-order valence-corrected chi connectivity index (χ2v) is 7.12. The van der Waals surface area contributed by atoms with E-state index < -0.39 is 0 Å². The predicted octanol–water partition coefficient (Wildman–Crippen LogP) is 4.13. The van der Waals surface area contributed by atoms with Gasteiger partial charge in [0.1, 0.15) is 17.6 Å². The van der Waals surface area contributed by atoms with Gasteiger partial charge in [0.25, 0.3) is 0 Å². The van der Waals surface area contributed by atoms with Crippen molar-refractivity contribution in [3.8, 4) is 6.07 Å². The third-order valence-corrected chi connectivity index (χ3v) is 4.94. The van der Waals surface area contributed by atoms with Crippen LogP contribution in [0.15, 0.2) is 55.0 Å². The minimum absolute atomic E-state index is 0.307. The normalized spacial score (nSPS) is 16.6. The molecule has 140 valence electrons. The van der Waals surface area contributed by atoms with Crippen molar-refractivity contribution in [1.82, 2.24) is 19.9 Å². The summed E-state index contributed by atoms with van der Waals surface area (Å²) >= 11 is 0. The molecule has 6 nitrogen and oxygen atoms in total. The zero-order chi connectivity index (χ0) is 19.3. The molecule has 1 unspecified atom stereocenters. The average Bonchev–Trinajstić information content (AvgIpc) is 3.17. The summed E-state index contributed by atoms with van der Waals surface area (Å²) in [5.74, 6) is 0.785. The van der Waals surface area contributed by atoms with E-state index in [0.717, 1.165) is 36.7 Å². The Morgan fingerprint density at radius 1 is 1.21 bits per heavy atom. The Kier molecular flexibility index (Phi) is 5.27. The van der Waals surface area contributed by atoms with E-state index in [9.17, 15) is 0 Å². The highest BCUT2D eigenvalue weighted by atomic mass is 15.2. The summed E-state index contributed by atoms with van der Waals surface area (Å²) in [6.45, 7) is 4.03. The van der Waals surface area contributed by atoms with Crippen molar-refractivity contribution >= 4 is 11.5 Å². The second-order valence-electron chi connectivity index (χ2n) is 7.12. The summed E-state index contributed by atoms with van der Waals surface area (Å²) in [6, 6.07) is 14.2. The number of likely N-dealkylation sites (tertiary alicyclic amines) is 1. The molecule has 0 radical (unpaired) electrons. The lowest BCUT2D eigenvalue weighted by atomic mass is 10.1. The fraction of sp³-hybridized carbons (Fsp3) is 0.273. The Balaban J connectivity index is 1.50. The molecule has 1 N–H and O–H groups in total. The lowest BCUT2D eigenvalue weighted by Gasteiger charge is -2.24. The monoisotopic (exact) mass is 370 g/mol. The van der Waals surface area contributed by atoms with Crippen LogP contribution in [0.1, 0.15) is 41.4 Å². The van der Waals surface area contributed by atoms with Crippen molar-refractivity contribution in [1.29, 1.82) is 5.26 Å². The van der Waals surface area contributed by atoms with Gasteiger partial charge >= 0.3 is 0 Å². The third-order valence-electron chi connectivity index (χ3n) is 4.94. The molecule has 1 atom stereocenters. The molecule has 0 spiro atoms. The van der Waals surface area contributed by atoms with E-state index in [1.807, 2.05) is 36.7 Å². The molecule has 4 rings (SSSR count). The highest BCUT2D eigenvalue weighted by Crippen LogP contribution is 2.32. The number of rotatable bonds is 5. The molecule has 0 saturated carbocycles. The van der Waals surface area contributed by atoms with Crippen LogP contribution in [0, 0.1) is 18.3 Å². The number of aromatic nitrogens is 3. The van der Waals surface area contributed by atoms with Crippen molar-refractivity contribution in [2.45, 2.75) is 32.4 Å². The maximum absolute atomic E-state index is 8.87. The lowest BCUT2D eigenvalue weighted by Crippen LogP contribution is -2.23. The van der Waals surface area contributed by atoms with Crippen molar-refractivity contribution in [3.05, 3.63) is 77.5 Å². The van der Waals surface area contributed by atoms with Gasteiger partial charge in [-0.2, -0.15) is 5.26 Å². The van der Waals surface area contributed by atoms with Gasteiger partial charge in [-0.25, -0.2) is 9.97 Å². The SMILES string of the molecule is Cc1cncc(CN2CCCC2c2cccc(Nc3ccc(C#N)nc3)n2)c1. The Labute approximate surface area is 164 Å². The second kappa shape index (κ2) is 8.15. The van der Waals surface area contributed by atoms with Gasteiger partial charge in [0.15, 0.2) is 0 Å². The Morgan fingerprint density at radius 2 is 2.14 bits per heavy atom. The number of hydrogen-bond acceptors (Lipinski definition) is 6. The van der Waals surface area contributed by atoms with E-state index in [-0.39, 0.29) is 0 Å². The van der Waals surface area contributed by atoms with E-state index in [1.54, 1.807) is 12.3 Å². The van der Waals surface area contributed by atoms with Crippen LogP contribution in [0.2, 0.25) is 0 Å². The predicted molar refractivity (Wildman–Crippen MR) is 108 cm³/mol. The smallest absolute Gasteiger partial charge is 0.140 e. The molecule has 28 heavy (non-hydrogen) atoms. The van der Waals surface area contributed by atoms with Gasteiger partial charge in [-0.3, -0.25) is 9.88 Å². The van der Waals surface area contributed by atoms with E-state index >= 15 is 0 Å². The van der Waals surface area contributed by atoms with E-state index in [1.165, 1.54) is 17.5 Å². The number of anilines is 2. The van der Waals surface area contributed by atoms with Gasteiger partial charge in [-0.05, 0) is 61.7 Å². The Morgan fingerprint density at radius 3 is 2.93 bits per heavy atom. The molecule has 0 bridgehead atoms. The van der Waals surface area contributed by atoms with Gasteiger partial charge < -0.3 is 5.32 Å². The Hall–Kier alpha value is -3.30. The summed E-state index contributed by atoms with van der Waals surface area (Å²) in [4.78, 5) is 15.7. The fourth-order valence-corrected chi connectivity index (χ4v) is 3.68. The van der Waals surface area contributed by atoms with Gasteiger partial charge in [0.2, 0.25) is 0 Å². The Bertz CT molecular complexity index is 992. The van der Waals surface area contributed by atoms with Crippen molar-refractivity contribution in [3.63, 3.8) is 0 Å². The molecule has 1 fully saturated rings. The summed E-state index contributed by atoms with van der Waals surface area (Å²) in [7, 11) is 0. The summed E-state index contributed by atoms with van der Waals surface area (Å²) in [5.41, 5.74) is 4.72. The summed E-state index contributed by atoms with van der Waals surface area (Å²) in [6.07, 6.45) is 7.77. The first-order valence-corrected chi connectivity index (χ1v) is 9.46. The first-order valence-electron chi connectivity index (χ1n) is 9.46. The van der Waals surface area contributed by atoms with Crippen LogP contribution in [0.25, 0.3) is 0 Å². The zero-order valence-electron chi connectivity index (χ0n) is 15.8. The van der Waals surface area contributed by atoms with Crippen molar-refractivity contribution in [2.24, 2.45) is 0 Å². The van der Waals surface area contributed by atoms with Crippen molar-refractivity contribution < 1.29 is 0 Å². The molecule has 3 aromatic rings. The molecule has 0 aliphatic carbocycles. The standard InChI is InChI=1S/C22H22N6/c1-16-10-17(13-24-12-16)15-28-9-3-5-21(28)20-4-2-6-22(27-20)26-19-8-7-18(11-23)25-14-19/h2,4,6-8,10,12-14,21H,3,5,9,15H2,1H3,(H,26,27). The minimum Gasteiger partial charge on any atom is -0.339 e. The highest BCUT2D eigenvalue weighted by molar-refractivity contribution is 5.55. The number of hydrogen-bond donors (Lipinski definition) is 1.